The topological polar surface area (TPSA) is 69.6 Å². The van der Waals surface area contributed by atoms with E-state index in [1.807, 2.05) is 7.05 Å². The van der Waals surface area contributed by atoms with Crippen LogP contribution in [0.1, 0.15) is 31.5 Å². The number of rotatable bonds is 7. The number of halogens is 1. The van der Waals surface area contributed by atoms with Crippen molar-refractivity contribution in [1.82, 2.24) is 24.9 Å². The Labute approximate surface area is 143 Å². The molecular weight excluding hydrogens is 329 g/mol. The molecule has 6 nitrogen and oxygen atoms in total. The first-order chi connectivity index (χ1) is 11.7. The van der Waals surface area contributed by atoms with Gasteiger partial charge in [-0.25, -0.2) is 4.39 Å². The van der Waals surface area contributed by atoms with Gasteiger partial charge in [0.25, 0.3) is 0 Å². The van der Waals surface area contributed by atoms with Crippen LogP contribution in [0, 0.1) is 5.82 Å². The summed E-state index contributed by atoms with van der Waals surface area (Å²) < 4.78 is 20.9. The lowest BCUT2D eigenvalue weighted by atomic mass is 10.2. The lowest BCUT2D eigenvalue weighted by Gasteiger charge is -2.03. The second kappa shape index (κ2) is 7.57. The second-order valence-corrected chi connectivity index (χ2v) is 6.28. The molecule has 0 saturated heterocycles. The van der Waals surface area contributed by atoms with Gasteiger partial charge in [0.2, 0.25) is 5.89 Å². The Balaban J connectivity index is 1.68. The van der Waals surface area contributed by atoms with Crippen LogP contribution in [0.2, 0.25) is 0 Å². The van der Waals surface area contributed by atoms with Crippen molar-refractivity contribution in [2.75, 3.05) is 0 Å². The molecule has 0 unspecified atom stereocenters. The van der Waals surface area contributed by atoms with Gasteiger partial charge in [0.05, 0.1) is 11.3 Å². The molecule has 0 aliphatic carbocycles. The summed E-state index contributed by atoms with van der Waals surface area (Å²) in [4.78, 5) is 4.36. The number of hydrogen-bond donors (Lipinski definition) is 0. The van der Waals surface area contributed by atoms with Crippen molar-refractivity contribution in [2.45, 2.75) is 37.1 Å². The smallest absolute Gasteiger partial charge is 0.237 e. The minimum atomic E-state index is -0.318. The van der Waals surface area contributed by atoms with Gasteiger partial charge >= 0.3 is 0 Å². The Morgan fingerprint density at radius 2 is 2.08 bits per heavy atom. The van der Waals surface area contributed by atoms with E-state index in [9.17, 15) is 4.39 Å². The van der Waals surface area contributed by atoms with Crippen LogP contribution in [0.25, 0.3) is 11.4 Å². The summed E-state index contributed by atoms with van der Waals surface area (Å²) in [5.41, 5.74) is 0.430. The molecule has 2 heterocycles. The average Bonchev–Trinajstić information content (AvgIpc) is 3.18. The van der Waals surface area contributed by atoms with Crippen LogP contribution in [-0.2, 0) is 19.2 Å². The maximum absolute atomic E-state index is 13.9. The molecule has 0 N–H and O–H groups in total. The summed E-state index contributed by atoms with van der Waals surface area (Å²) in [5, 5.41) is 12.8. The molecule has 1 aromatic carbocycles. The van der Waals surface area contributed by atoms with Crippen LogP contribution >= 0.6 is 11.8 Å². The second-order valence-electron chi connectivity index (χ2n) is 5.34. The zero-order chi connectivity index (χ0) is 16.9. The molecule has 24 heavy (non-hydrogen) atoms. The maximum Gasteiger partial charge on any atom is 0.237 e. The fourth-order valence-electron chi connectivity index (χ4n) is 2.23. The number of thioether (sulfide) groups is 1. The Bertz CT molecular complexity index is 816. The lowest BCUT2D eigenvalue weighted by Crippen LogP contribution is -1.97. The minimum Gasteiger partial charge on any atom is -0.338 e. The molecule has 0 fully saturated rings. The Morgan fingerprint density at radius 1 is 1.25 bits per heavy atom. The van der Waals surface area contributed by atoms with Gasteiger partial charge in [0.15, 0.2) is 16.8 Å². The Morgan fingerprint density at radius 3 is 2.88 bits per heavy atom. The van der Waals surface area contributed by atoms with E-state index in [0.29, 0.717) is 28.2 Å². The van der Waals surface area contributed by atoms with E-state index in [1.165, 1.54) is 17.8 Å². The van der Waals surface area contributed by atoms with Crippen LogP contribution in [0.3, 0.4) is 0 Å². The van der Waals surface area contributed by atoms with Gasteiger partial charge in [-0.15, -0.1) is 10.2 Å². The van der Waals surface area contributed by atoms with E-state index in [1.54, 1.807) is 22.8 Å². The van der Waals surface area contributed by atoms with Gasteiger partial charge in [-0.1, -0.05) is 42.4 Å². The normalized spacial score (nSPS) is 11.1. The maximum atomic E-state index is 13.9. The number of nitrogens with zero attached hydrogens (tertiary/aromatic N) is 5. The highest BCUT2D eigenvalue weighted by atomic mass is 32.2. The van der Waals surface area contributed by atoms with Crippen LogP contribution < -0.4 is 0 Å². The molecule has 0 atom stereocenters. The third-order valence-electron chi connectivity index (χ3n) is 3.54. The molecule has 8 heteroatoms. The first-order valence-corrected chi connectivity index (χ1v) is 8.76. The Kier molecular flexibility index (Phi) is 5.24. The van der Waals surface area contributed by atoms with E-state index in [0.717, 1.165) is 25.1 Å². The van der Waals surface area contributed by atoms with Gasteiger partial charge < -0.3 is 9.09 Å². The molecule has 0 bridgehead atoms. The molecule has 3 aromatic rings. The predicted molar refractivity (Wildman–Crippen MR) is 88.9 cm³/mol. The van der Waals surface area contributed by atoms with E-state index >= 15 is 0 Å². The van der Waals surface area contributed by atoms with Gasteiger partial charge in [-0.3, -0.25) is 0 Å². The van der Waals surface area contributed by atoms with Crippen molar-refractivity contribution in [2.24, 2.45) is 7.05 Å². The van der Waals surface area contributed by atoms with Crippen LogP contribution in [0.15, 0.2) is 33.9 Å². The average molecular weight is 347 g/mol. The zero-order valence-electron chi connectivity index (χ0n) is 13.6. The van der Waals surface area contributed by atoms with Crippen LogP contribution in [-0.4, -0.2) is 24.9 Å². The molecule has 2 aromatic heterocycles. The van der Waals surface area contributed by atoms with E-state index in [-0.39, 0.29) is 5.82 Å². The molecule has 0 radical (unpaired) electrons. The molecular formula is C16H18FN5OS. The molecule has 126 valence electrons. The van der Waals surface area contributed by atoms with Crippen molar-refractivity contribution in [3.8, 4) is 11.4 Å². The number of benzene rings is 1. The molecule has 0 spiro atoms. The number of aromatic nitrogens is 5. The predicted octanol–water partition coefficient (Wildman–Crippen LogP) is 3.64. The molecule has 3 rings (SSSR count). The van der Waals surface area contributed by atoms with Gasteiger partial charge in [-0.2, -0.15) is 4.98 Å². The van der Waals surface area contributed by atoms with Crippen molar-refractivity contribution in [3.05, 3.63) is 41.8 Å². The zero-order valence-corrected chi connectivity index (χ0v) is 14.4. The fourth-order valence-corrected chi connectivity index (χ4v) is 2.98. The number of unbranched alkanes of at least 4 members (excludes halogenated alkanes) is 1. The van der Waals surface area contributed by atoms with Gasteiger partial charge in [-0.05, 0) is 18.6 Å². The van der Waals surface area contributed by atoms with Gasteiger partial charge in [0, 0.05) is 13.5 Å². The summed E-state index contributed by atoms with van der Waals surface area (Å²) >= 11 is 1.43. The quantitative estimate of drug-likeness (QED) is 0.608. The highest BCUT2D eigenvalue weighted by molar-refractivity contribution is 7.98. The van der Waals surface area contributed by atoms with Crippen molar-refractivity contribution < 1.29 is 8.91 Å². The molecule has 0 aliphatic heterocycles. The van der Waals surface area contributed by atoms with Crippen molar-refractivity contribution in [3.63, 3.8) is 0 Å². The summed E-state index contributed by atoms with van der Waals surface area (Å²) in [6.45, 7) is 2.12. The number of hydrogen-bond acceptors (Lipinski definition) is 6. The van der Waals surface area contributed by atoms with Crippen molar-refractivity contribution in [1.29, 1.82) is 0 Å². The molecule has 0 aliphatic rings. The largest absolute Gasteiger partial charge is 0.338 e. The van der Waals surface area contributed by atoms with Crippen molar-refractivity contribution >= 4 is 11.8 Å². The van der Waals surface area contributed by atoms with E-state index in [4.69, 9.17) is 4.52 Å². The Hall–Kier alpha value is -2.22. The van der Waals surface area contributed by atoms with E-state index in [2.05, 4.69) is 27.3 Å². The lowest BCUT2D eigenvalue weighted by molar-refractivity contribution is 0.384. The van der Waals surface area contributed by atoms with Crippen LogP contribution in [0.4, 0.5) is 4.39 Å². The summed E-state index contributed by atoms with van der Waals surface area (Å²) in [7, 11) is 1.81. The highest BCUT2D eigenvalue weighted by Crippen LogP contribution is 2.26. The van der Waals surface area contributed by atoms with Crippen LogP contribution in [0.5, 0.6) is 0 Å². The first kappa shape index (κ1) is 16.6. The number of aryl methyl sites for hydroxylation is 1. The standard InChI is InChI=1S/C16H18FN5OS/c1-3-4-9-13-18-14(23-21-13)10-24-16-20-19-15(22(16)2)11-7-5-6-8-12(11)17/h5-8H,3-4,9-10H2,1-2H3. The van der Waals surface area contributed by atoms with Gasteiger partial charge in [0.1, 0.15) is 5.82 Å². The third kappa shape index (κ3) is 3.64. The first-order valence-electron chi connectivity index (χ1n) is 7.77. The summed E-state index contributed by atoms with van der Waals surface area (Å²) in [6.07, 6.45) is 2.96. The van der Waals surface area contributed by atoms with E-state index < -0.39 is 0 Å². The fraction of sp³-hybridized carbons (Fsp3) is 0.375. The highest BCUT2D eigenvalue weighted by Gasteiger charge is 2.15. The summed E-state index contributed by atoms with van der Waals surface area (Å²) in [6, 6.07) is 6.52. The third-order valence-corrected chi connectivity index (χ3v) is 4.54. The molecule has 0 saturated carbocycles. The molecule has 0 amide bonds. The summed E-state index contributed by atoms with van der Waals surface area (Å²) in [5.74, 6) is 1.97. The minimum absolute atomic E-state index is 0.318. The SMILES string of the molecule is CCCCc1noc(CSc2nnc(-c3ccccc3F)n2C)n1. The monoisotopic (exact) mass is 347 g/mol.